The van der Waals surface area contributed by atoms with Gasteiger partial charge in [0.05, 0.1) is 25.8 Å². The summed E-state index contributed by atoms with van der Waals surface area (Å²) in [5.41, 5.74) is 0. The predicted molar refractivity (Wildman–Crippen MR) is 89.3 cm³/mol. The predicted octanol–water partition coefficient (Wildman–Crippen LogP) is 2.33. The van der Waals surface area contributed by atoms with Crippen LogP contribution >= 0.6 is 11.3 Å². The number of rotatable bonds is 6. The second-order valence-corrected chi connectivity index (χ2v) is 7.09. The van der Waals surface area contributed by atoms with E-state index in [1.165, 1.54) is 12.8 Å². The lowest BCUT2D eigenvalue weighted by atomic mass is 10.2. The van der Waals surface area contributed by atoms with Crippen molar-refractivity contribution in [3.05, 3.63) is 34.7 Å². The molecule has 0 aromatic carbocycles. The molecule has 1 atom stereocenters. The number of nitrogens with one attached hydrogen (secondary N) is 1. The molecule has 0 bridgehead atoms. The van der Waals surface area contributed by atoms with Crippen molar-refractivity contribution in [1.29, 1.82) is 0 Å². The highest BCUT2D eigenvalue weighted by Crippen LogP contribution is 2.29. The van der Waals surface area contributed by atoms with Gasteiger partial charge < -0.3 is 10.1 Å². The van der Waals surface area contributed by atoms with E-state index in [9.17, 15) is 0 Å². The normalized spacial score (nSPS) is 22.2. The zero-order valence-corrected chi connectivity index (χ0v) is 13.8. The van der Waals surface area contributed by atoms with Gasteiger partial charge >= 0.3 is 0 Å². The Hall–Kier alpha value is -1.57. The minimum Gasteiger partial charge on any atom is -0.378 e. The number of nitrogens with zero attached hydrogens (tertiary/aromatic N) is 4. The van der Waals surface area contributed by atoms with E-state index in [1.54, 1.807) is 11.3 Å². The molecule has 2 aliphatic rings. The first kappa shape index (κ1) is 15.0. The first-order chi connectivity index (χ1) is 11.4. The molecular formula is C16H21N5OS. The molecule has 2 aromatic heterocycles. The van der Waals surface area contributed by atoms with E-state index in [0.29, 0.717) is 6.61 Å². The summed E-state index contributed by atoms with van der Waals surface area (Å²) in [6.07, 6.45) is 6.37. The van der Waals surface area contributed by atoms with E-state index >= 15 is 0 Å². The lowest BCUT2D eigenvalue weighted by molar-refractivity contribution is -0.0159. The molecule has 0 radical (unpaired) electrons. The minimum absolute atomic E-state index is 0.0929. The van der Waals surface area contributed by atoms with Crippen molar-refractivity contribution in [3.63, 3.8) is 0 Å². The molecular weight excluding hydrogens is 310 g/mol. The van der Waals surface area contributed by atoms with Gasteiger partial charge in [-0.05, 0) is 24.8 Å². The topological polar surface area (TPSA) is 63.2 Å². The highest BCUT2D eigenvalue weighted by molar-refractivity contribution is 7.09. The first-order valence-corrected chi connectivity index (χ1v) is 9.03. The molecule has 1 aliphatic heterocycles. The molecule has 0 spiro atoms. The molecule has 122 valence electrons. The molecule has 7 heteroatoms. The van der Waals surface area contributed by atoms with Gasteiger partial charge in [0.2, 0.25) is 0 Å². The lowest BCUT2D eigenvalue weighted by Crippen LogP contribution is -2.39. The number of anilines is 1. The van der Waals surface area contributed by atoms with Crippen LogP contribution in [0, 0.1) is 5.92 Å². The number of thiazole rings is 1. The van der Waals surface area contributed by atoms with Crippen molar-refractivity contribution in [1.82, 2.24) is 19.9 Å². The minimum atomic E-state index is 0.0929. The number of hydrogen-bond acceptors (Lipinski definition) is 7. The Morgan fingerprint density at radius 3 is 3.09 bits per heavy atom. The maximum atomic E-state index is 5.67. The van der Waals surface area contributed by atoms with Gasteiger partial charge in [0.15, 0.2) is 0 Å². The van der Waals surface area contributed by atoms with Crippen LogP contribution in [0.5, 0.6) is 0 Å². The van der Waals surface area contributed by atoms with Gasteiger partial charge in [-0.2, -0.15) is 0 Å². The zero-order valence-electron chi connectivity index (χ0n) is 13.0. The SMILES string of the molecule is c1cc(NCC2CC2)nc([C@H]2COCCN2Cc2nccs2)n1. The van der Waals surface area contributed by atoms with Gasteiger partial charge in [-0.15, -0.1) is 11.3 Å². The summed E-state index contributed by atoms with van der Waals surface area (Å²) in [7, 11) is 0. The highest BCUT2D eigenvalue weighted by atomic mass is 32.1. The van der Waals surface area contributed by atoms with Crippen LogP contribution in [0.4, 0.5) is 5.82 Å². The average Bonchev–Trinajstić information content (AvgIpc) is 3.29. The van der Waals surface area contributed by atoms with Crippen molar-refractivity contribution in [2.24, 2.45) is 5.92 Å². The van der Waals surface area contributed by atoms with Gasteiger partial charge in [-0.1, -0.05) is 0 Å². The Labute approximate surface area is 139 Å². The van der Waals surface area contributed by atoms with Gasteiger partial charge in [-0.25, -0.2) is 15.0 Å². The number of aromatic nitrogens is 3. The van der Waals surface area contributed by atoms with Crippen LogP contribution in [0.15, 0.2) is 23.8 Å². The molecule has 1 aliphatic carbocycles. The second kappa shape index (κ2) is 6.90. The fourth-order valence-electron chi connectivity index (χ4n) is 2.77. The van der Waals surface area contributed by atoms with E-state index < -0.39 is 0 Å². The molecule has 0 amide bonds. The molecule has 2 aromatic rings. The van der Waals surface area contributed by atoms with Gasteiger partial charge in [-0.3, -0.25) is 4.90 Å². The largest absolute Gasteiger partial charge is 0.378 e. The number of hydrogen-bond donors (Lipinski definition) is 1. The van der Waals surface area contributed by atoms with Crippen molar-refractivity contribution in [3.8, 4) is 0 Å². The molecule has 23 heavy (non-hydrogen) atoms. The molecule has 3 heterocycles. The van der Waals surface area contributed by atoms with Crippen LogP contribution in [0.3, 0.4) is 0 Å². The van der Waals surface area contributed by atoms with Crippen LogP contribution < -0.4 is 5.32 Å². The van der Waals surface area contributed by atoms with E-state index in [4.69, 9.17) is 9.72 Å². The third kappa shape index (κ3) is 3.85. The van der Waals surface area contributed by atoms with Gasteiger partial charge in [0, 0.05) is 30.9 Å². The maximum Gasteiger partial charge on any atom is 0.150 e. The fraction of sp³-hybridized carbons (Fsp3) is 0.562. The van der Waals surface area contributed by atoms with E-state index in [1.807, 2.05) is 23.8 Å². The zero-order chi connectivity index (χ0) is 15.5. The summed E-state index contributed by atoms with van der Waals surface area (Å²) in [5.74, 6) is 2.58. The Kier molecular flexibility index (Phi) is 4.50. The summed E-state index contributed by atoms with van der Waals surface area (Å²) < 4.78 is 5.67. The second-order valence-electron chi connectivity index (χ2n) is 6.11. The molecule has 1 N–H and O–H groups in total. The number of ether oxygens (including phenoxy) is 1. The molecule has 1 saturated heterocycles. The summed E-state index contributed by atoms with van der Waals surface area (Å²) in [6.45, 7) is 4.11. The molecule has 2 fully saturated rings. The Morgan fingerprint density at radius 1 is 1.30 bits per heavy atom. The van der Waals surface area contributed by atoms with E-state index in [2.05, 4.69) is 20.2 Å². The summed E-state index contributed by atoms with van der Waals surface area (Å²) >= 11 is 1.69. The Balaban J connectivity index is 1.48. The van der Waals surface area contributed by atoms with Crippen molar-refractivity contribution >= 4 is 17.2 Å². The molecule has 0 unspecified atom stereocenters. The van der Waals surface area contributed by atoms with E-state index in [0.717, 1.165) is 48.8 Å². The molecule has 4 rings (SSSR count). The maximum absolute atomic E-state index is 5.67. The smallest absolute Gasteiger partial charge is 0.150 e. The van der Waals surface area contributed by atoms with Crippen LogP contribution in [0.1, 0.15) is 29.7 Å². The van der Waals surface area contributed by atoms with Crippen LogP contribution in [-0.4, -0.2) is 46.2 Å². The highest BCUT2D eigenvalue weighted by Gasteiger charge is 2.28. The Morgan fingerprint density at radius 2 is 2.26 bits per heavy atom. The van der Waals surface area contributed by atoms with E-state index in [-0.39, 0.29) is 6.04 Å². The first-order valence-electron chi connectivity index (χ1n) is 8.15. The fourth-order valence-corrected chi connectivity index (χ4v) is 3.41. The standard InChI is InChI=1S/C16H21N5OS/c1-2-12(1)9-19-14-3-4-18-16(20-14)13-11-22-7-6-21(13)10-15-17-5-8-23-15/h3-5,8,12-13H,1-2,6-7,9-11H2,(H,18,19,20)/t13-/m1/s1. The molecule has 6 nitrogen and oxygen atoms in total. The summed E-state index contributed by atoms with van der Waals surface area (Å²) in [6, 6.07) is 2.04. The van der Waals surface area contributed by atoms with Gasteiger partial charge in [0.1, 0.15) is 16.6 Å². The lowest BCUT2D eigenvalue weighted by Gasteiger charge is -2.33. The average molecular weight is 331 g/mol. The van der Waals surface area contributed by atoms with Gasteiger partial charge in [0.25, 0.3) is 0 Å². The van der Waals surface area contributed by atoms with Crippen molar-refractivity contribution < 1.29 is 4.74 Å². The third-order valence-corrected chi connectivity index (χ3v) is 5.07. The summed E-state index contributed by atoms with van der Waals surface area (Å²) in [5, 5.41) is 6.57. The van der Waals surface area contributed by atoms with Crippen LogP contribution in [0.25, 0.3) is 0 Å². The van der Waals surface area contributed by atoms with Crippen molar-refractivity contribution in [2.75, 3.05) is 31.6 Å². The summed E-state index contributed by atoms with van der Waals surface area (Å²) in [4.78, 5) is 16.0. The monoisotopic (exact) mass is 331 g/mol. The molecule has 1 saturated carbocycles. The third-order valence-electron chi connectivity index (χ3n) is 4.30. The van der Waals surface area contributed by atoms with Crippen molar-refractivity contribution in [2.45, 2.75) is 25.4 Å². The Bertz CT molecular complexity index is 631. The quantitative estimate of drug-likeness (QED) is 0.876. The number of morpholine rings is 1. The van der Waals surface area contributed by atoms with Crippen LogP contribution in [-0.2, 0) is 11.3 Å². The van der Waals surface area contributed by atoms with Crippen LogP contribution in [0.2, 0.25) is 0 Å².